The summed E-state index contributed by atoms with van der Waals surface area (Å²) in [5.74, 6) is 1.01. The first-order chi connectivity index (χ1) is 17.5. The molecule has 0 aliphatic heterocycles. The van der Waals surface area contributed by atoms with Crippen LogP contribution in [0, 0.1) is 6.92 Å². The number of H-pyrrole nitrogens is 1. The number of nitrogens with one attached hydrogen (secondary N) is 3. The highest BCUT2D eigenvalue weighted by molar-refractivity contribution is 7.98. The second-order valence-corrected chi connectivity index (χ2v) is 8.84. The average molecular weight is 500 g/mol. The summed E-state index contributed by atoms with van der Waals surface area (Å²) >= 11 is 1.57. The monoisotopic (exact) mass is 499 g/mol. The molecule has 0 spiro atoms. The molecule has 0 radical (unpaired) electrons. The number of hydrogen-bond acceptors (Lipinski definition) is 6. The zero-order valence-corrected chi connectivity index (χ0v) is 20.6. The molecule has 1 heterocycles. The Morgan fingerprint density at radius 1 is 1.03 bits per heavy atom. The van der Waals surface area contributed by atoms with Gasteiger partial charge in [0.15, 0.2) is 0 Å². The van der Waals surface area contributed by atoms with Gasteiger partial charge < -0.3 is 10.1 Å². The SMILES string of the molecule is COc1ccc(N/C(=N\c2nc(CSc3ccc(C)cc3)cc(=O)[nH]2)NC(=O)c2ccccc2)cc1. The van der Waals surface area contributed by atoms with Gasteiger partial charge >= 0.3 is 0 Å². The second-order valence-electron chi connectivity index (χ2n) is 7.80. The van der Waals surface area contributed by atoms with E-state index in [2.05, 4.69) is 25.6 Å². The van der Waals surface area contributed by atoms with Gasteiger partial charge in [0.2, 0.25) is 11.9 Å². The number of hydrogen-bond donors (Lipinski definition) is 3. The Labute approximate surface area is 212 Å². The molecule has 0 aliphatic carbocycles. The molecule has 9 heteroatoms. The van der Waals surface area contributed by atoms with E-state index in [0.29, 0.717) is 28.4 Å². The Morgan fingerprint density at radius 3 is 2.44 bits per heavy atom. The minimum atomic E-state index is -0.358. The van der Waals surface area contributed by atoms with Crippen molar-refractivity contribution < 1.29 is 9.53 Å². The maximum absolute atomic E-state index is 12.8. The number of aryl methyl sites for hydroxylation is 1. The summed E-state index contributed by atoms with van der Waals surface area (Å²) in [7, 11) is 1.58. The number of amides is 1. The third kappa shape index (κ3) is 7.07. The number of nitrogens with zero attached hydrogens (tertiary/aromatic N) is 2. The number of guanidine groups is 1. The number of aromatic nitrogens is 2. The molecule has 0 unspecified atom stereocenters. The minimum absolute atomic E-state index is 0.0754. The summed E-state index contributed by atoms with van der Waals surface area (Å²) in [6, 6.07) is 25.5. The van der Waals surface area contributed by atoms with Crippen LogP contribution >= 0.6 is 11.8 Å². The molecule has 4 rings (SSSR count). The summed E-state index contributed by atoms with van der Waals surface area (Å²) in [4.78, 5) is 37.7. The summed E-state index contributed by atoms with van der Waals surface area (Å²) in [5, 5.41) is 5.84. The molecule has 1 amide bonds. The van der Waals surface area contributed by atoms with Crippen LogP contribution in [0.15, 0.2) is 99.6 Å². The molecule has 0 saturated heterocycles. The van der Waals surface area contributed by atoms with Crippen LogP contribution in [0.2, 0.25) is 0 Å². The fourth-order valence-corrected chi connectivity index (χ4v) is 3.98. The topological polar surface area (TPSA) is 108 Å². The predicted molar refractivity (Wildman–Crippen MR) is 143 cm³/mol. The van der Waals surface area contributed by atoms with Crippen molar-refractivity contribution in [1.82, 2.24) is 15.3 Å². The lowest BCUT2D eigenvalue weighted by atomic mass is 10.2. The standard InChI is InChI=1S/C27H25N5O3S/c1-18-8-14-23(15-9-18)36-17-21-16-24(33)30-26(29-21)32-27(28-20-10-12-22(35-2)13-11-20)31-25(34)19-6-4-3-5-7-19/h3-16H,17H2,1-2H3,(H3,28,29,30,31,32,33,34). The number of methoxy groups -OCH3 is 1. The molecular formula is C27H25N5O3S. The first kappa shape index (κ1) is 24.7. The maximum Gasteiger partial charge on any atom is 0.257 e. The highest BCUT2D eigenvalue weighted by atomic mass is 32.2. The van der Waals surface area contributed by atoms with Crippen molar-refractivity contribution in [2.24, 2.45) is 4.99 Å². The van der Waals surface area contributed by atoms with Crippen LogP contribution in [-0.2, 0) is 5.75 Å². The summed E-state index contributed by atoms with van der Waals surface area (Å²) in [6.07, 6.45) is 0. The van der Waals surface area contributed by atoms with Crippen LogP contribution in [0.5, 0.6) is 5.75 Å². The Hall–Kier alpha value is -4.37. The van der Waals surface area contributed by atoms with Crippen molar-refractivity contribution in [1.29, 1.82) is 0 Å². The van der Waals surface area contributed by atoms with Crippen LogP contribution in [-0.4, -0.2) is 28.9 Å². The van der Waals surface area contributed by atoms with Crippen LogP contribution < -0.4 is 20.9 Å². The summed E-state index contributed by atoms with van der Waals surface area (Å²) in [5.41, 5.74) is 2.55. The van der Waals surface area contributed by atoms with Crippen LogP contribution in [0.25, 0.3) is 0 Å². The quantitative estimate of drug-likeness (QED) is 0.189. The lowest BCUT2D eigenvalue weighted by Crippen LogP contribution is -2.36. The molecule has 36 heavy (non-hydrogen) atoms. The molecule has 8 nitrogen and oxygen atoms in total. The third-order valence-electron chi connectivity index (χ3n) is 5.03. The van der Waals surface area contributed by atoms with Gasteiger partial charge in [-0.25, -0.2) is 4.98 Å². The maximum atomic E-state index is 12.8. The Balaban J connectivity index is 1.59. The third-order valence-corrected chi connectivity index (χ3v) is 6.07. The van der Waals surface area contributed by atoms with Gasteiger partial charge in [-0.05, 0) is 55.5 Å². The van der Waals surface area contributed by atoms with Gasteiger partial charge in [-0.15, -0.1) is 11.8 Å². The molecule has 0 saturated carbocycles. The number of thioether (sulfide) groups is 1. The van der Waals surface area contributed by atoms with E-state index < -0.39 is 0 Å². The molecule has 0 bridgehead atoms. The van der Waals surface area contributed by atoms with Crippen molar-refractivity contribution in [3.8, 4) is 5.75 Å². The number of carbonyl (C=O) groups is 1. The molecule has 4 aromatic rings. The Kier molecular flexibility index (Phi) is 8.15. The van der Waals surface area contributed by atoms with Crippen LogP contribution in [0.3, 0.4) is 0 Å². The lowest BCUT2D eigenvalue weighted by Gasteiger charge is -2.12. The highest BCUT2D eigenvalue weighted by Crippen LogP contribution is 2.22. The minimum Gasteiger partial charge on any atom is -0.497 e. The van der Waals surface area contributed by atoms with Crippen molar-refractivity contribution >= 4 is 35.3 Å². The van der Waals surface area contributed by atoms with E-state index in [0.717, 1.165) is 4.90 Å². The van der Waals surface area contributed by atoms with E-state index in [1.165, 1.54) is 11.6 Å². The van der Waals surface area contributed by atoms with Gasteiger partial charge in [0.05, 0.1) is 12.8 Å². The van der Waals surface area contributed by atoms with Gasteiger partial charge in [-0.2, -0.15) is 4.99 Å². The molecule has 182 valence electrons. The summed E-state index contributed by atoms with van der Waals surface area (Å²) < 4.78 is 5.20. The number of benzene rings is 3. The van der Waals surface area contributed by atoms with Crippen molar-refractivity contribution in [2.75, 3.05) is 12.4 Å². The van der Waals surface area contributed by atoms with Crippen molar-refractivity contribution in [3.05, 3.63) is 112 Å². The number of anilines is 1. The number of carbonyl (C=O) groups excluding carboxylic acids is 1. The Bertz CT molecular complexity index is 1400. The molecule has 0 fully saturated rings. The van der Waals surface area contributed by atoms with Crippen LogP contribution in [0.4, 0.5) is 11.6 Å². The second kappa shape index (κ2) is 11.9. The molecule has 0 aliphatic rings. The van der Waals surface area contributed by atoms with Gasteiger partial charge in [-0.1, -0.05) is 35.9 Å². The zero-order chi connectivity index (χ0) is 25.3. The molecule has 0 atom stereocenters. The molecule has 1 aromatic heterocycles. The first-order valence-electron chi connectivity index (χ1n) is 11.1. The average Bonchev–Trinajstić information content (AvgIpc) is 2.89. The predicted octanol–water partition coefficient (Wildman–Crippen LogP) is 4.91. The van der Waals surface area contributed by atoms with Crippen molar-refractivity contribution in [2.45, 2.75) is 17.6 Å². The number of ether oxygens (including phenoxy) is 1. The van der Waals surface area contributed by atoms with Gasteiger partial charge in [0.1, 0.15) is 5.75 Å². The number of aliphatic imine (C=N–C) groups is 1. The van der Waals surface area contributed by atoms with Gasteiger partial charge in [0, 0.05) is 28.0 Å². The van der Waals surface area contributed by atoms with E-state index >= 15 is 0 Å². The number of aromatic amines is 1. The van der Waals surface area contributed by atoms with E-state index in [1.807, 2.05) is 37.3 Å². The molecule has 3 aromatic carbocycles. The van der Waals surface area contributed by atoms with E-state index in [-0.39, 0.29) is 23.4 Å². The van der Waals surface area contributed by atoms with E-state index in [1.54, 1.807) is 67.4 Å². The zero-order valence-electron chi connectivity index (χ0n) is 19.8. The van der Waals surface area contributed by atoms with Crippen LogP contribution in [0.1, 0.15) is 21.6 Å². The molecular weight excluding hydrogens is 474 g/mol. The van der Waals surface area contributed by atoms with E-state index in [4.69, 9.17) is 4.74 Å². The fraction of sp³-hybridized carbons (Fsp3) is 0.111. The largest absolute Gasteiger partial charge is 0.497 e. The normalized spacial score (nSPS) is 11.1. The lowest BCUT2D eigenvalue weighted by molar-refractivity contribution is 0.0977. The van der Waals surface area contributed by atoms with E-state index in [9.17, 15) is 9.59 Å². The Morgan fingerprint density at radius 2 is 1.75 bits per heavy atom. The van der Waals surface area contributed by atoms with Gasteiger partial charge in [0.25, 0.3) is 11.5 Å². The highest BCUT2D eigenvalue weighted by Gasteiger charge is 2.11. The summed E-state index contributed by atoms with van der Waals surface area (Å²) in [6.45, 7) is 2.03. The smallest absolute Gasteiger partial charge is 0.257 e. The molecule has 3 N–H and O–H groups in total. The van der Waals surface area contributed by atoms with Gasteiger partial charge in [-0.3, -0.25) is 19.9 Å². The number of rotatable bonds is 7. The van der Waals surface area contributed by atoms with Crippen molar-refractivity contribution in [3.63, 3.8) is 0 Å². The fourth-order valence-electron chi connectivity index (χ4n) is 3.19. The first-order valence-corrected chi connectivity index (χ1v) is 12.1.